The van der Waals surface area contributed by atoms with Gasteiger partial charge in [-0.3, -0.25) is 0 Å². The third-order valence-corrected chi connectivity index (χ3v) is 4.44. The molecular formula is C18H13Br2N3O. The molecule has 0 aliphatic rings. The third kappa shape index (κ3) is 3.37. The van der Waals surface area contributed by atoms with Gasteiger partial charge in [0.15, 0.2) is 0 Å². The average molecular weight is 447 g/mol. The van der Waals surface area contributed by atoms with Gasteiger partial charge in [-0.2, -0.15) is 5.26 Å². The summed E-state index contributed by atoms with van der Waals surface area (Å²) in [5, 5.41) is 9.58. The molecule has 4 nitrogen and oxygen atoms in total. The Kier molecular flexibility index (Phi) is 5.03. The average Bonchev–Trinajstić information content (AvgIpc) is 2.99. The number of H-pyrrole nitrogens is 1. The van der Waals surface area contributed by atoms with Crippen LogP contribution in [0.4, 0.5) is 0 Å². The first kappa shape index (κ1) is 16.7. The van der Waals surface area contributed by atoms with E-state index in [1.165, 1.54) is 0 Å². The van der Waals surface area contributed by atoms with Gasteiger partial charge >= 0.3 is 0 Å². The maximum Gasteiger partial charge on any atom is 0.149 e. The molecule has 120 valence electrons. The van der Waals surface area contributed by atoms with Crippen molar-refractivity contribution in [2.45, 2.75) is 6.92 Å². The highest BCUT2D eigenvalue weighted by Gasteiger charge is 2.12. The topological polar surface area (TPSA) is 61.7 Å². The molecule has 0 saturated carbocycles. The molecule has 1 heterocycles. The third-order valence-electron chi connectivity index (χ3n) is 3.39. The van der Waals surface area contributed by atoms with E-state index in [0.29, 0.717) is 23.8 Å². The minimum Gasteiger partial charge on any atom is -0.492 e. The van der Waals surface area contributed by atoms with E-state index in [1.54, 1.807) is 6.08 Å². The van der Waals surface area contributed by atoms with Crippen LogP contribution in [0, 0.1) is 11.3 Å². The van der Waals surface area contributed by atoms with E-state index in [-0.39, 0.29) is 0 Å². The highest BCUT2D eigenvalue weighted by Crippen LogP contribution is 2.35. The number of hydrogen-bond acceptors (Lipinski definition) is 3. The van der Waals surface area contributed by atoms with Gasteiger partial charge in [0.05, 0.1) is 27.7 Å². The lowest BCUT2D eigenvalue weighted by molar-refractivity contribution is 0.337. The molecule has 1 N–H and O–H groups in total. The van der Waals surface area contributed by atoms with E-state index < -0.39 is 0 Å². The second-order valence-corrected chi connectivity index (χ2v) is 6.78. The summed E-state index contributed by atoms with van der Waals surface area (Å²) in [7, 11) is 0. The molecule has 0 amide bonds. The zero-order valence-electron chi connectivity index (χ0n) is 12.8. The van der Waals surface area contributed by atoms with E-state index in [2.05, 4.69) is 47.9 Å². The SMILES string of the molecule is CCOc1c(Br)cc(Br)cc1/C=C(\C#N)c1nc2ccccc2[nH]1. The maximum atomic E-state index is 9.58. The van der Waals surface area contributed by atoms with Crippen LogP contribution in [0.15, 0.2) is 45.3 Å². The zero-order chi connectivity index (χ0) is 17.1. The predicted octanol–water partition coefficient (Wildman–Crippen LogP) is 5.55. The van der Waals surface area contributed by atoms with E-state index in [9.17, 15) is 5.26 Å². The summed E-state index contributed by atoms with van der Waals surface area (Å²) in [4.78, 5) is 7.67. The number of hydrogen-bond donors (Lipinski definition) is 1. The fourth-order valence-corrected chi connectivity index (χ4v) is 3.75. The standard InChI is InChI=1S/C18H13Br2N3O/c1-2-24-17-11(8-13(19)9-14(17)20)7-12(10-21)18-22-15-5-3-4-6-16(15)23-18/h3-9H,2H2,1H3,(H,22,23)/b12-7+. The van der Waals surface area contributed by atoms with Crippen molar-refractivity contribution in [2.75, 3.05) is 6.61 Å². The van der Waals surface area contributed by atoms with Gasteiger partial charge in [-0.05, 0) is 53.2 Å². The van der Waals surface area contributed by atoms with Gasteiger partial charge in [-0.25, -0.2) is 4.98 Å². The Hall–Kier alpha value is -2.10. The van der Waals surface area contributed by atoms with Crippen molar-refractivity contribution in [1.29, 1.82) is 5.26 Å². The molecule has 0 bridgehead atoms. The Labute approximate surface area is 156 Å². The van der Waals surface area contributed by atoms with Crippen LogP contribution in [0.3, 0.4) is 0 Å². The highest BCUT2D eigenvalue weighted by atomic mass is 79.9. The number of ether oxygens (including phenoxy) is 1. The molecule has 0 saturated heterocycles. The van der Waals surface area contributed by atoms with E-state index in [4.69, 9.17) is 4.74 Å². The second-order valence-electron chi connectivity index (χ2n) is 5.01. The van der Waals surface area contributed by atoms with Crippen LogP contribution in [0.5, 0.6) is 5.75 Å². The number of aromatic amines is 1. The predicted molar refractivity (Wildman–Crippen MR) is 103 cm³/mol. The van der Waals surface area contributed by atoms with Gasteiger partial charge in [0.2, 0.25) is 0 Å². The molecule has 0 aliphatic carbocycles. The molecule has 0 radical (unpaired) electrons. The Morgan fingerprint density at radius 3 is 2.83 bits per heavy atom. The number of rotatable bonds is 4. The van der Waals surface area contributed by atoms with Crippen LogP contribution in [-0.4, -0.2) is 16.6 Å². The van der Waals surface area contributed by atoms with Crippen LogP contribution >= 0.6 is 31.9 Å². The van der Waals surface area contributed by atoms with Gasteiger partial charge in [0.25, 0.3) is 0 Å². The summed E-state index contributed by atoms with van der Waals surface area (Å²) < 4.78 is 7.43. The lowest BCUT2D eigenvalue weighted by atomic mass is 10.1. The second kappa shape index (κ2) is 7.20. The normalized spacial score (nSPS) is 11.5. The Bertz CT molecular complexity index is 937. The van der Waals surface area contributed by atoms with Crippen LogP contribution < -0.4 is 4.74 Å². The molecule has 3 aromatic rings. The molecule has 0 fully saturated rings. The van der Waals surface area contributed by atoms with Gasteiger partial charge < -0.3 is 9.72 Å². The van der Waals surface area contributed by atoms with Crippen molar-refractivity contribution in [3.8, 4) is 11.8 Å². The Morgan fingerprint density at radius 1 is 1.33 bits per heavy atom. The number of allylic oxidation sites excluding steroid dienone is 1. The molecule has 6 heteroatoms. The first-order chi connectivity index (χ1) is 11.6. The van der Waals surface area contributed by atoms with Gasteiger partial charge in [0, 0.05) is 10.0 Å². The number of nitriles is 1. The Morgan fingerprint density at radius 2 is 2.12 bits per heavy atom. The first-order valence-electron chi connectivity index (χ1n) is 7.31. The number of benzene rings is 2. The smallest absolute Gasteiger partial charge is 0.149 e. The van der Waals surface area contributed by atoms with Gasteiger partial charge in [-0.1, -0.05) is 28.1 Å². The van der Waals surface area contributed by atoms with Crippen molar-refractivity contribution in [2.24, 2.45) is 0 Å². The summed E-state index contributed by atoms with van der Waals surface area (Å²) in [5.74, 6) is 1.24. The summed E-state index contributed by atoms with van der Waals surface area (Å²) in [5.41, 5.74) is 2.97. The van der Waals surface area contributed by atoms with Gasteiger partial charge in [-0.15, -0.1) is 0 Å². The van der Waals surface area contributed by atoms with E-state index in [0.717, 1.165) is 25.5 Å². The Balaban J connectivity index is 2.13. The number of nitrogens with one attached hydrogen (secondary N) is 1. The van der Waals surface area contributed by atoms with Crippen molar-refractivity contribution in [3.05, 3.63) is 56.7 Å². The number of aromatic nitrogens is 2. The quantitative estimate of drug-likeness (QED) is 0.534. The van der Waals surface area contributed by atoms with Crippen molar-refractivity contribution < 1.29 is 4.74 Å². The lowest BCUT2D eigenvalue weighted by Crippen LogP contribution is -1.96. The monoisotopic (exact) mass is 445 g/mol. The molecule has 1 aromatic heterocycles. The molecule has 0 aliphatic heterocycles. The minimum absolute atomic E-state index is 0.442. The molecule has 24 heavy (non-hydrogen) atoms. The van der Waals surface area contributed by atoms with E-state index in [1.807, 2.05) is 43.3 Å². The van der Waals surface area contributed by atoms with Crippen molar-refractivity contribution in [3.63, 3.8) is 0 Å². The van der Waals surface area contributed by atoms with Crippen molar-refractivity contribution >= 4 is 54.5 Å². The largest absolute Gasteiger partial charge is 0.492 e. The number of fused-ring (bicyclic) bond motifs is 1. The van der Waals surface area contributed by atoms with Crippen LogP contribution in [0.1, 0.15) is 18.3 Å². The summed E-state index contributed by atoms with van der Waals surface area (Å²) in [6, 6.07) is 13.7. The van der Waals surface area contributed by atoms with E-state index >= 15 is 0 Å². The summed E-state index contributed by atoms with van der Waals surface area (Å²) in [6.07, 6.45) is 1.78. The fourth-order valence-electron chi connectivity index (χ4n) is 2.37. The van der Waals surface area contributed by atoms with Gasteiger partial charge in [0.1, 0.15) is 17.6 Å². The van der Waals surface area contributed by atoms with Crippen LogP contribution in [0.25, 0.3) is 22.7 Å². The molecule has 0 spiro atoms. The minimum atomic E-state index is 0.442. The summed E-state index contributed by atoms with van der Waals surface area (Å²) >= 11 is 6.98. The zero-order valence-corrected chi connectivity index (χ0v) is 16.0. The summed E-state index contributed by atoms with van der Waals surface area (Å²) in [6.45, 7) is 2.46. The molecule has 0 atom stereocenters. The number of imidazole rings is 1. The molecule has 0 unspecified atom stereocenters. The molecule has 3 rings (SSSR count). The fraction of sp³-hybridized carbons (Fsp3) is 0.111. The maximum absolute atomic E-state index is 9.58. The lowest BCUT2D eigenvalue weighted by Gasteiger charge is -2.10. The number of nitrogens with zero attached hydrogens (tertiary/aromatic N) is 2. The van der Waals surface area contributed by atoms with Crippen LogP contribution in [0.2, 0.25) is 0 Å². The first-order valence-corrected chi connectivity index (χ1v) is 8.89. The molecular weight excluding hydrogens is 434 g/mol. The number of para-hydroxylation sites is 2. The number of halogens is 2. The van der Waals surface area contributed by atoms with Crippen molar-refractivity contribution in [1.82, 2.24) is 9.97 Å². The molecule has 2 aromatic carbocycles. The highest BCUT2D eigenvalue weighted by molar-refractivity contribution is 9.11. The van der Waals surface area contributed by atoms with Crippen LogP contribution in [-0.2, 0) is 0 Å².